The second-order valence-electron chi connectivity index (χ2n) is 16.4. The highest BCUT2D eigenvalue weighted by molar-refractivity contribution is 4.95. The number of rotatable bonds is 38. The molecular weight excluding hydrogens is 603 g/mol. The highest BCUT2D eigenvalue weighted by Crippen LogP contribution is 2.22. The van der Waals surface area contributed by atoms with E-state index in [1.165, 1.54) is 237 Å². The summed E-state index contributed by atoms with van der Waals surface area (Å²) in [5.41, 5.74) is 1.51. The molecule has 0 fully saturated rings. The molecule has 0 spiro atoms. The van der Waals surface area contributed by atoms with Crippen molar-refractivity contribution in [2.24, 2.45) is 11.8 Å². The van der Waals surface area contributed by atoms with Gasteiger partial charge in [-0.15, -0.1) is 13.2 Å². The highest BCUT2D eigenvalue weighted by Gasteiger charge is 2.06. The maximum absolute atomic E-state index is 4.37. The smallest absolute Gasteiger partial charge is 0.00218 e. The highest BCUT2D eigenvalue weighted by atomic mass is 15.1. The summed E-state index contributed by atoms with van der Waals surface area (Å²) in [6.07, 6.45) is 48.1. The Hall–Kier alpha value is -0.560. The minimum atomic E-state index is 0.839. The van der Waals surface area contributed by atoms with Gasteiger partial charge >= 0.3 is 0 Å². The van der Waals surface area contributed by atoms with Crippen molar-refractivity contribution in [1.82, 2.24) is 4.90 Å². The molecule has 0 saturated heterocycles. The van der Waals surface area contributed by atoms with Crippen LogP contribution in [0.2, 0.25) is 0 Å². The third kappa shape index (κ3) is 49.6. The quantitative estimate of drug-likeness (QED) is 0.0457. The Bertz CT molecular complexity index is 580. The second kappa shape index (κ2) is 48.4. The van der Waals surface area contributed by atoms with Crippen molar-refractivity contribution in [1.29, 1.82) is 0 Å². The number of nitrogens with zero attached hydrogens (tertiary/aromatic N) is 1. The van der Waals surface area contributed by atoms with E-state index in [0.717, 1.165) is 11.8 Å². The molecule has 0 aliphatic rings. The van der Waals surface area contributed by atoms with Crippen LogP contribution in [0.3, 0.4) is 0 Å². The monoisotopic (exact) mass is 704 g/mol. The predicted molar refractivity (Wildman–Crippen MR) is 236 cm³/mol. The molecule has 0 radical (unpaired) electrons. The van der Waals surface area contributed by atoms with Crippen LogP contribution in [0.1, 0.15) is 260 Å². The largest absolute Gasteiger partial charge is 0.306 e. The van der Waals surface area contributed by atoms with Crippen LogP contribution in [0.15, 0.2) is 25.3 Å². The lowest BCUT2D eigenvalue weighted by Gasteiger charge is -2.16. The van der Waals surface area contributed by atoms with E-state index in [9.17, 15) is 0 Å². The fourth-order valence-corrected chi connectivity index (χ4v) is 7.22. The van der Waals surface area contributed by atoms with Gasteiger partial charge in [-0.05, 0) is 64.1 Å². The Morgan fingerprint density at radius 2 is 0.680 bits per heavy atom. The summed E-state index contributed by atoms with van der Waals surface area (Å²) in [7, 11) is 2.31. The standard InChI is InChI=1S/C29H59N.C18H38.C2H4/c1-6-8-10-12-15-19-23-28(3)27-29(4)24-20-16-14-18-22-26-30(5)25-21-17-13-11-9-7-2;1-4-6-8-10-12-14-16-18(3)17-15-13-11-9-7-5-2;1-2/h28H,4,6-27H2,1-3,5H3;18H,4-17H2,1-3H3;1-2H2. The minimum Gasteiger partial charge on any atom is -0.306 e. The molecule has 1 heteroatoms. The molecule has 0 aromatic carbocycles. The lowest BCUT2D eigenvalue weighted by Crippen LogP contribution is -2.20. The van der Waals surface area contributed by atoms with Gasteiger partial charge in [0, 0.05) is 0 Å². The van der Waals surface area contributed by atoms with Crippen LogP contribution in [0.5, 0.6) is 0 Å². The van der Waals surface area contributed by atoms with Crippen molar-refractivity contribution in [3.63, 3.8) is 0 Å². The summed E-state index contributed by atoms with van der Waals surface area (Å²) in [6, 6.07) is 0. The van der Waals surface area contributed by atoms with E-state index >= 15 is 0 Å². The van der Waals surface area contributed by atoms with Gasteiger partial charge in [0.25, 0.3) is 0 Å². The van der Waals surface area contributed by atoms with Crippen molar-refractivity contribution in [3.05, 3.63) is 25.3 Å². The second-order valence-corrected chi connectivity index (χ2v) is 16.4. The molecule has 0 aliphatic carbocycles. The first kappa shape index (κ1) is 53.8. The molecule has 1 atom stereocenters. The van der Waals surface area contributed by atoms with Crippen LogP contribution in [0, 0.1) is 11.8 Å². The Balaban J connectivity index is -0.000000941. The van der Waals surface area contributed by atoms with Gasteiger partial charge in [0.15, 0.2) is 0 Å². The van der Waals surface area contributed by atoms with Gasteiger partial charge in [-0.25, -0.2) is 0 Å². The lowest BCUT2D eigenvalue weighted by molar-refractivity contribution is 0.314. The number of hydrogen-bond donors (Lipinski definition) is 0. The number of unbranched alkanes of at least 4 members (excludes halogenated alkanes) is 24. The maximum atomic E-state index is 4.37. The Morgan fingerprint density at radius 3 is 1.04 bits per heavy atom. The van der Waals surface area contributed by atoms with Crippen molar-refractivity contribution >= 4 is 0 Å². The average molecular weight is 704 g/mol. The first-order valence-electron chi connectivity index (χ1n) is 23.3. The topological polar surface area (TPSA) is 3.24 Å². The SMILES string of the molecule is C=C.C=C(CCCCCCCN(C)CCCCCCCC)CC(C)CCCCCCCC.CCCCCCCCC(C)CCCCCCCC. The van der Waals surface area contributed by atoms with Crippen LogP contribution >= 0.6 is 0 Å². The third-order valence-corrected chi connectivity index (χ3v) is 10.8. The average Bonchev–Trinajstić information content (AvgIpc) is 3.11. The molecule has 0 aliphatic heterocycles. The third-order valence-electron chi connectivity index (χ3n) is 10.8. The van der Waals surface area contributed by atoms with E-state index in [-0.39, 0.29) is 0 Å². The molecule has 0 saturated carbocycles. The molecule has 0 aromatic heterocycles. The molecule has 50 heavy (non-hydrogen) atoms. The lowest BCUT2D eigenvalue weighted by atomic mass is 9.93. The molecular formula is C49H101N. The molecule has 0 N–H and O–H groups in total. The van der Waals surface area contributed by atoms with E-state index in [4.69, 9.17) is 0 Å². The van der Waals surface area contributed by atoms with E-state index in [2.05, 4.69) is 73.2 Å². The first-order chi connectivity index (χ1) is 24.4. The van der Waals surface area contributed by atoms with Gasteiger partial charge in [-0.2, -0.15) is 0 Å². The van der Waals surface area contributed by atoms with Gasteiger partial charge in [0.1, 0.15) is 0 Å². The minimum absolute atomic E-state index is 0.839. The van der Waals surface area contributed by atoms with Crippen molar-refractivity contribution in [2.75, 3.05) is 20.1 Å². The van der Waals surface area contributed by atoms with Gasteiger partial charge in [-0.1, -0.05) is 240 Å². The normalized spacial score (nSPS) is 11.7. The summed E-state index contributed by atoms with van der Waals surface area (Å²) < 4.78 is 0. The summed E-state index contributed by atoms with van der Waals surface area (Å²) in [5.74, 6) is 1.81. The van der Waals surface area contributed by atoms with Crippen molar-refractivity contribution in [2.45, 2.75) is 260 Å². The van der Waals surface area contributed by atoms with Crippen LogP contribution in [-0.4, -0.2) is 25.0 Å². The Morgan fingerprint density at radius 1 is 0.400 bits per heavy atom. The summed E-state index contributed by atoms with van der Waals surface area (Å²) in [6.45, 7) is 27.0. The fourth-order valence-electron chi connectivity index (χ4n) is 7.22. The Labute approximate surface area is 321 Å². The molecule has 1 unspecified atom stereocenters. The van der Waals surface area contributed by atoms with Gasteiger partial charge in [0.05, 0.1) is 0 Å². The van der Waals surface area contributed by atoms with Crippen molar-refractivity contribution in [3.8, 4) is 0 Å². The van der Waals surface area contributed by atoms with E-state index < -0.39 is 0 Å². The van der Waals surface area contributed by atoms with Crippen molar-refractivity contribution < 1.29 is 0 Å². The van der Waals surface area contributed by atoms with E-state index in [0.29, 0.717) is 0 Å². The number of allylic oxidation sites excluding steroid dienone is 1. The fraction of sp³-hybridized carbons (Fsp3) is 0.918. The molecule has 0 bridgehead atoms. The summed E-state index contributed by atoms with van der Waals surface area (Å²) in [5, 5.41) is 0. The molecule has 0 rings (SSSR count). The molecule has 0 amide bonds. The zero-order valence-corrected chi connectivity index (χ0v) is 36.7. The van der Waals surface area contributed by atoms with Gasteiger partial charge < -0.3 is 4.90 Å². The maximum Gasteiger partial charge on any atom is -0.00218 e. The summed E-state index contributed by atoms with van der Waals surface area (Å²) in [4.78, 5) is 2.55. The first-order valence-corrected chi connectivity index (χ1v) is 23.3. The molecule has 1 nitrogen and oxygen atoms in total. The molecule has 0 heterocycles. The summed E-state index contributed by atoms with van der Waals surface area (Å²) >= 11 is 0. The van der Waals surface area contributed by atoms with E-state index in [1.807, 2.05) is 0 Å². The zero-order valence-electron chi connectivity index (χ0n) is 36.7. The predicted octanol–water partition coefficient (Wildman–Crippen LogP) is 17.9. The van der Waals surface area contributed by atoms with Crippen LogP contribution < -0.4 is 0 Å². The Kier molecular flexibility index (Phi) is 52.1. The number of hydrogen-bond acceptors (Lipinski definition) is 1. The van der Waals surface area contributed by atoms with Crippen LogP contribution in [0.4, 0.5) is 0 Å². The zero-order chi connectivity index (χ0) is 37.8. The van der Waals surface area contributed by atoms with Crippen LogP contribution in [0.25, 0.3) is 0 Å². The van der Waals surface area contributed by atoms with Crippen LogP contribution in [-0.2, 0) is 0 Å². The van der Waals surface area contributed by atoms with Gasteiger partial charge in [-0.3, -0.25) is 0 Å². The van der Waals surface area contributed by atoms with Gasteiger partial charge in [0.2, 0.25) is 0 Å². The van der Waals surface area contributed by atoms with E-state index in [1.54, 1.807) is 0 Å². The molecule has 0 aromatic rings. The molecule has 302 valence electrons.